The third kappa shape index (κ3) is 2.12. The minimum Gasteiger partial charge on any atom is -0.300 e. The van der Waals surface area contributed by atoms with Crippen LogP contribution in [0.3, 0.4) is 0 Å². The molecule has 5 rings (SSSR count). The maximum Gasteiger partial charge on any atom is 0.153 e. The SMILES string of the molecule is c1ccn2c(-c3ccnc(-n4ccc(C5CC5)n4)c3)cnc2c1. The standard InChI is InChI=1S/C18H15N5/c1-2-9-22-16(12-20-17(22)3-1)14-6-8-19-18(11-14)23-10-7-15(21-23)13-4-5-13/h1-3,6-13H,4-5H2. The Labute approximate surface area is 133 Å². The lowest BCUT2D eigenvalue weighted by molar-refractivity contribution is 0.813. The van der Waals surface area contributed by atoms with Gasteiger partial charge in [0.1, 0.15) is 5.65 Å². The van der Waals surface area contributed by atoms with E-state index in [4.69, 9.17) is 0 Å². The summed E-state index contributed by atoms with van der Waals surface area (Å²) in [6.45, 7) is 0. The Morgan fingerprint density at radius 2 is 1.96 bits per heavy atom. The molecule has 0 amide bonds. The third-order valence-electron chi connectivity index (χ3n) is 4.30. The summed E-state index contributed by atoms with van der Waals surface area (Å²) in [5.41, 5.74) is 4.25. The summed E-state index contributed by atoms with van der Waals surface area (Å²) in [4.78, 5) is 8.92. The largest absolute Gasteiger partial charge is 0.300 e. The van der Waals surface area contributed by atoms with Gasteiger partial charge in [-0.25, -0.2) is 14.6 Å². The number of aromatic nitrogens is 5. The van der Waals surface area contributed by atoms with E-state index >= 15 is 0 Å². The average molecular weight is 301 g/mol. The predicted octanol–water partition coefficient (Wildman–Crippen LogP) is 3.46. The van der Waals surface area contributed by atoms with Gasteiger partial charge in [0.25, 0.3) is 0 Å². The molecule has 0 N–H and O–H groups in total. The van der Waals surface area contributed by atoms with Gasteiger partial charge in [-0.15, -0.1) is 0 Å². The van der Waals surface area contributed by atoms with Gasteiger partial charge < -0.3 is 0 Å². The Bertz CT molecular complexity index is 993. The first kappa shape index (κ1) is 12.6. The Morgan fingerprint density at radius 1 is 1.00 bits per heavy atom. The first-order chi connectivity index (χ1) is 11.4. The zero-order valence-electron chi connectivity index (χ0n) is 12.5. The van der Waals surface area contributed by atoms with Crippen molar-refractivity contribution in [3.8, 4) is 17.1 Å². The zero-order valence-corrected chi connectivity index (χ0v) is 12.5. The summed E-state index contributed by atoms with van der Waals surface area (Å²) in [5, 5.41) is 4.66. The van der Waals surface area contributed by atoms with Gasteiger partial charge >= 0.3 is 0 Å². The van der Waals surface area contributed by atoms with Gasteiger partial charge in [0.2, 0.25) is 0 Å². The van der Waals surface area contributed by atoms with E-state index in [2.05, 4.69) is 31.6 Å². The molecule has 1 aliphatic rings. The van der Waals surface area contributed by atoms with Crippen molar-refractivity contribution in [2.45, 2.75) is 18.8 Å². The fourth-order valence-electron chi connectivity index (χ4n) is 2.91. The van der Waals surface area contributed by atoms with Crippen LogP contribution in [0.2, 0.25) is 0 Å². The normalized spacial score (nSPS) is 14.4. The zero-order chi connectivity index (χ0) is 15.2. The van der Waals surface area contributed by atoms with Crippen LogP contribution in [0.15, 0.2) is 61.2 Å². The Hall–Kier alpha value is -2.95. The first-order valence-electron chi connectivity index (χ1n) is 7.83. The smallest absolute Gasteiger partial charge is 0.153 e. The minimum absolute atomic E-state index is 0.651. The Morgan fingerprint density at radius 3 is 2.87 bits per heavy atom. The third-order valence-corrected chi connectivity index (χ3v) is 4.30. The number of fused-ring (bicyclic) bond motifs is 1. The van der Waals surface area contributed by atoms with E-state index in [1.54, 1.807) is 0 Å². The molecule has 1 fully saturated rings. The molecule has 0 bridgehead atoms. The molecule has 0 unspecified atom stereocenters. The lowest BCUT2D eigenvalue weighted by atomic mass is 10.2. The molecule has 4 aromatic rings. The topological polar surface area (TPSA) is 48.0 Å². The van der Waals surface area contributed by atoms with E-state index in [0.29, 0.717) is 5.92 Å². The van der Waals surface area contributed by atoms with Crippen molar-refractivity contribution in [2.75, 3.05) is 0 Å². The number of rotatable bonds is 3. The molecule has 1 aliphatic carbocycles. The fourth-order valence-corrected chi connectivity index (χ4v) is 2.91. The lowest BCUT2D eigenvalue weighted by Gasteiger charge is -2.05. The van der Waals surface area contributed by atoms with Gasteiger partial charge in [-0.1, -0.05) is 6.07 Å². The summed E-state index contributed by atoms with van der Waals surface area (Å²) in [6.07, 6.45) is 10.3. The molecule has 0 spiro atoms. The van der Waals surface area contributed by atoms with Crippen LogP contribution in [0.5, 0.6) is 0 Å². The van der Waals surface area contributed by atoms with E-state index in [0.717, 1.165) is 22.7 Å². The number of hydrogen-bond donors (Lipinski definition) is 0. The number of pyridine rings is 2. The van der Waals surface area contributed by atoms with Crippen molar-refractivity contribution < 1.29 is 0 Å². The molecule has 0 aliphatic heterocycles. The molecule has 1 saturated carbocycles. The van der Waals surface area contributed by atoms with Crippen LogP contribution in [-0.4, -0.2) is 24.1 Å². The molecule has 0 atom stereocenters. The molecule has 0 radical (unpaired) electrons. The molecule has 0 aromatic carbocycles. The van der Waals surface area contributed by atoms with Crippen molar-refractivity contribution in [1.82, 2.24) is 24.1 Å². The number of imidazole rings is 1. The second-order valence-corrected chi connectivity index (χ2v) is 5.93. The molecule has 4 aromatic heterocycles. The predicted molar refractivity (Wildman–Crippen MR) is 87.5 cm³/mol. The van der Waals surface area contributed by atoms with Gasteiger partial charge in [0, 0.05) is 30.1 Å². The molecule has 0 saturated heterocycles. The van der Waals surface area contributed by atoms with Crippen molar-refractivity contribution in [3.05, 3.63) is 66.9 Å². The van der Waals surface area contributed by atoms with Crippen molar-refractivity contribution in [3.63, 3.8) is 0 Å². The van der Waals surface area contributed by atoms with Gasteiger partial charge in [-0.3, -0.25) is 4.40 Å². The molecule has 4 heterocycles. The lowest BCUT2D eigenvalue weighted by Crippen LogP contribution is -1.99. The highest BCUT2D eigenvalue weighted by Gasteiger charge is 2.26. The first-order valence-corrected chi connectivity index (χ1v) is 7.83. The molecule has 5 heteroatoms. The molecule has 23 heavy (non-hydrogen) atoms. The van der Waals surface area contributed by atoms with Crippen LogP contribution in [0, 0.1) is 0 Å². The highest BCUT2D eigenvalue weighted by atomic mass is 15.3. The second-order valence-electron chi connectivity index (χ2n) is 5.93. The van der Waals surface area contributed by atoms with Crippen LogP contribution >= 0.6 is 0 Å². The Balaban J connectivity index is 1.59. The van der Waals surface area contributed by atoms with Gasteiger partial charge in [0.15, 0.2) is 5.82 Å². The minimum atomic E-state index is 0.651. The van der Waals surface area contributed by atoms with Crippen LogP contribution in [-0.2, 0) is 0 Å². The van der Waals surface area contributed by atoms with Gasteiger partial charge in [-0.2, -0.15) is 5.10 Å². The van der Waals surface area contributed by atoms with Gasteiger partial charge in [-0.05, 0) is 43.2 Å². The molecular formula is C18H15N5. The van der Waals surface area contributed by atoms with Crippen molar-refractivity contribution >= 4 is 5.65 Å². The van der Waals surface area contributed by atoms with E-state index in [-0.39, 0.29) is 0 Å². The molecule has 112 valence electrons. The van der Waals surface area contributed by atoms with Crippen LogP contribution in [0.4, 0.5) is 0 Å². The second kappa shape index (κ2) is 4.78. The van der Waals surface area contributed by atoms with Crippen molar-refractivity contribution in [2.24, 2.45) is 0 Å². The van der Waals surface area contributed by atoms with E-state index < -0.39 is 0 Å². The summed E-state index contributed by atoms with van der Waals surface area (Å²) < 4.78 is 3.94. The number of nitrogens with zero attached hydrogens (tertiary/aromatic N) is 5. The summed E-state index contributed by atoms with van der Waals surface area (Å²) >= 11 is 0. The maximum atomic E-state index is 4.66. The monoisotopic (exact) mass is 301 g/mol. The summed E-state index contributed by atoms with van der Waals surface area (Å²) in [5.74, 6) is 1.48. The average Bonchev–Trinajstić information content (AvgIpc) is 3.18. The highest BCUT2D eigenvalue weighted by Crippen LogP contribution is 2.39. The van der Waals surface area contributed by atoms with E-state index in [1.165, 1.54) is 18.5 Å². The van der Waals surface area contributed by atoms with Gasteiger partial charge in [0.05, 0.1) is 17.6 Å². The van der Waals surface area contributed by atoms with Crippen LogP contribution in [0.25, 0.3) is 22.7 Å². The summed E-state index contributed by atoms with van der Waals surface area (Å²) in [6, 6.07) is 12.2. The molecular weight excluding hydrogens is 286 g/mol. The maximum absolute atomic E-state index is 4.66. The van der Waals surface area contributed by atoms with Crippen LogP contribution in [0.1, 0.15) is 24.5 Å². The Kier molecular flexibility index (Phi) is 2.61. The highest BCUT2D eigenvalue weighted by molar-refractivity contribution is 5.64. The van der Waals surface area contributed by atoms with Crippen LogP contribution < -0.4 is 0 Å². The van der Waals surface area contributed by atoms with E-state index in [9.17, 15) is 0 Å². The quantitative estimate of drug-likeness (QED) is 0.582. The van der Waals surface area contributed by atoms with Crippen molar-refractivity contribution in [1.29, 1.82) is 0 Å². The fraction of sp³-hybridized carbons (Fsp3) is 0.167. The number of hydrogen-bond acceptors (Lipinski definition) is 3. The summed E-state index contributed by atoms with van der Waals surface area (Å²) in [7, 11) is 0. The molecule has 5 nitrogen and oxygen atoms in total. The van der Waals surface area contributed by atoms with E-state index in [1.807, 2.05) is 53.7 Å².